The Kier molecular flexibility index (Phi) is 6.40. The maximum absolute atomic E-state index is 13.2. The second-order valence-corrected chi connectivity index (χ2v) is 8.57. The molecule has 2 unspecified atom stereocenters. The maximum Gasteiger partial charge on any atom is 0.353 e. The molecule has 0 fully saturated rings. The summed E-state index contributed by atoms with van der Waals surface area (Å²) in [6, 6.07) is 18.6. The van der Waals surface area contributed by atoms with E-state index in [1.807, 2.05) is 74.5 Å². The van der Waals surface area contributed by atoms with E-state index >= 15 is 0 Å². The Morgan fingerprint density at radius 1 is 1.09 bits per heavy atom. The predicted molar refractivity (Wildman–Crippen MR) is 126 cm³/mol. The molecule has 0 saturated heterocycles. The summed E-state index contributed by atoms with van der Waals surface area (Å²) in [7, 11) is 1.34. The number of amides is 1. The summed E-state index contributed by atoms with van der Waals surface area (Å²) in [5.74, 6) is -0.780. The SMILES string of the molecule is COC(=O)C1(Cc2ccccc2)CC(C(NC(=O)c2nccc3ccccc23)C(C)C)=NO1. The number of methoxy groups -OCH3 is 1. The minimum atomic E-state index is -1.26. The summed E-state index contributed by atoms with van der Waals surface area (Å²) >= 11 is 0. The van der Waals surface area contributed by atoms with Gasteiger partial charge in [0.05, 0.1) is 18.9 Å². The Labute approximate surface area is 192 Å². The molecule has 1 amide bonds. The van der Waals surface area contributed by atoms with Gasteiger partial charge in [0.15, 0.2) is 0 Å². The number of nitrogens with one attached hydrogen (secondary N) is 1. The minimum absolute atomic E-state index is 0.0106. The average Bonchev–Trinajstić information content (AvgIpc) is 3.26. The van der Waals surface area contributed by atoms with Gasteiger partial charge in [-0.3, -0.25) is 9.78 Å². The average molecular weight is 446 g/mol. The molecule has 1 aliphatic heterocycles. The number of hydrogen-bond donors (Lipinski definition) is 1. The van der Waals surface area contributed by atoms with Crippen LogP contribution in [-0.2, 0) is 20.8 Å². The lowest BCUT2D eigenvalue weighted by Crippen LogP contribution is -2.48. The van der Waals surface area contributed by atoms with Crippen molar-refractivity contribution in [3.05, 3.63) is 78.1 Å². The molecule has 1 aliphatic rings. The Hall–Kier alpha value is -3.74. The van der Waals surface area contributed by atoms with E-state index in [0.29, 0.717) is 17.8 Å². The third-order valence-corrected chi connectivity index (χ3v) is 5.90. The predicted octanol–water partition coefficient (Wildman–Crippen LogP) is 3.92. The van der Waals surface area contributed by atoms with Crippen molar-refractivity contribution in [3.63, 3.8) is 0 Å². The van der Waals surface area contributed by atoms with Crippen LogP contribution in [0.5, 0.6) is 0 Å². The van der Waals surface area contributed by atoms with Gasteiger partial charge in [0.1, 0.15) is 5.69 Å². The van der Waals surface area contributed by atoms with E-state index < -0.39 is 17.6 Å². The fraction of sp³-hybridized carbons (Fsp3) is 0.308. The molecule has 2 aromatic carbocycles. The van der Waals surface area contributed by atoms with Crippen LogP contribution in [0.2, 0.25) is 0 Å². The number of aromatic nitrogens is 1. The minimum Gasteiger partial charge on any atom is -0.466 e. The lowest BCUT2D eigenvalue weighted by molar-refractivity contribution is -0.166. The molecular weight excluding hydrogens is 418 g/mol. The van der Waals surface area contributed by atoms with Gasteiger partial charge in [0, 0.05) is 24.4 Å². The molecule has 1 aromatic heterocycles. The lowest BCUT2D eigenvalue weighted by Gasteiger charge is -2.25. The number of carbonyl (C=O) groups is 2. The lowest BCUT2D eigenvalue weighted by atomic mass is 9.85. The summed E-state index contributed by atoms with van der Waals surface area (Å²) in [5.41, 5.74) is 0.618. The maximum atomic E-state index is 13.2. The summed E-state index contributed by atoms with van der Waals surface area (Å²) in [6.07, 6.45) is 2.16. The summed E-state index contributed by atoms with van der Waals surface area (Å²) in [4.78, 5) is 36.0. The number of fused-ring (bicyclic) bond motifs is 1. The highest BCUT2D eigenvalue weighted by molar-refractivity contribution is 6.07. The first-order valence-electron chi connectivity index (χ1n) is 11.0. The van der Waals surface area contributed by atoms with Crippen LogP contribution in [0.4, 0.5) is 0 Å². The molecule has 2 heterocycles. The van der Waals surface area contributed by atoms with Crippen LogP contribution in [0.1, 0.15) is 36.3 Å². The first kappa shape index (κ1) is 22.5. The van der Waals surface area contributed by atoms with Crippen molar-refractivity contribution in [1.82, 2.24) is 10.3 Å². The molecule has 3 aromatic rings. The van der Waals surface area contributed by atoms with Gasteiger partial charge in [-0.25, -0.2) is 4.79 Å². The van der Waals surface area contributed by atoms with Gasteiger partial charge in [-0.05, 0) is 22.9 Å². The van der Waals surface area contributed by atoms with Gasteiger partial charge in [-0.1, -0.05) is 73.6 Å². The molecule has 0 spiro atoms. The van der Waals surface area contributed by atoms with Gasteiger partial charge in [-0.2, -0.15) is 0 Å². The zero-order chi connectivity index (χ0) is 23.4. The number of pyridine rings is 1. The number of carbonyl (C=O) groups excluding carboxylic acids is 2. The van der Waals surface area contributed by atoms with Crippen LogP contribution in [0, 0.1) is 5.92 Å². The highest BCUT2D eigenvalue weighted by Crippen LogP contribution is 2.32. The Bertz CT molecular complexity index is 1190. The van der Waals surface area contributed by atoms with Crippen molar-refractivity contribution < 1.29 is 19.2 Å². The number of ether oxygens (including phenoxy) is 1. The van der Waals surface area contributed by atoms with Crippen LogP contribution in [0.3, 0.4) is 0 Å². The largest absolute Gasteiger partial charge is 0.466 e. The fourth-order valence-electron chi connectivity index (χ4n) is 4.20. The number of oxime groups is 1. The van der Waals surface area contributed by atoms with E-state index in [4.69, 9.17) is 9.57 Å². The molecule has 0 aliphatic carbocycles. The molecule has 7 heteroatoms. The van der Waals surface area contributed by atoms with Crippen molar-refractivity contribution >= 4 is 28.4 Å². The van der Waals surface area contributed by atoms with Gasteiger partial charge in [-0.15, -0.1) is 0 Å². The van der Waals surface area contributed by atoms with E-state index in [-0.39, 0.29) is 18.2 Å². The van der Waals surface area contributed by atoms with Crippen molar-refractivity contribution in [2.75, 3.05) is 7.11 Å². The van der Waals surface area contributed by atoms with E-state index in [1.165, 1.54) is 7.11 Å². The van der Waals surface area contributed by atoms with E-state index in [2.05, 4.69) is 15.5 Å². The first-order valence-corrected chi connectivity index (χ1v) is 11.0. The van der Waals surface area contributed by atoms with Crippen LogP contribution in [0.15, 0.2) is 72.0 Å². The molecule has 170 valence electrons. The molecule has 0 bridgehead atoms. The molecule has 4 rings (SSSR count). The van der Waals surface area contributed by atoms with E-state index in [9.17, 15) is 9.59 Å². The molecule has 0 radical (unpaired) electrons. The Morgan fingerprint density at radius 3 is 2.55 bits per heavy atom. The Morgan fingerprint density at radius 2 is 1.82 bits per heavy atom. The molecular formula is C26H27N3O4. The zero-order valence-electron chi connectivity index (χ0n) is 18.9. The molecule has 2 atom stereocenters. The number of rotatable bonds is 7. The van der Waals surface area contributed by atoms with Crippen molar-refractivity contribution in [3.8, 4) is 0 Å². The summed E-state index contributed by atoms with van der Waals surface area (Å²) in [5, 5.41) is 9.04. The van der Waals surface area contributed by atoms with Gasteiger partial charge < -0.3 is 14.9 Å². The van der Waals surface area contributed by atoms with Crippen molar-refractivity contribution in [1.29, 1.82) is 0 Å². The highest BCUT2D eigenvalue weighted by Gasteiger charge is 2.49. The second kappa shape index (κ2) is 9.40. The van der Waals surface area contributed by atoms with Gasteiger partial charge in [0.25, 0.3) is 5.91 Å². The topological polar surface area (TPSA) is 89.9 Å². The highest BCUT2D eigenvalue weighted by atomic mass is 16.7. The van der Waals surface area contributed by atoms with E-state index in [0.717, 1.165) is 16.3 Å². The standard InChI is InChI=1S/C26H27N3O4/c1-17(2)22(28-24(30)23-20-12-8-7-11-19(20)13-14-27-23)21-16-26(33-29-21,25(31)32-3)15-18-9-5-4-6-10-18/h4-14,17,22H,15-16H2,1-3H3,(H,28,30). The number of hydrogen-bond acceptors (Lipinski definition) is 6. The molecule has 7 nitrogen and oxygen atoms in total. The molecule has 0 saturated carbocycles. The van der Waals surface area contributed by atoms with Crippen LogP contribution >= 0.6 is 0 Å². The smallest absolute Gasteiger partial charge is 0.353 e. The van der Waals surface area contributed by atoms with Crippen LogP contribution in [0.25, 0.3) is 10.8 Å². The third-order valence-electron chi connectivity index (χ3n) is 5.90. The third kappa shape index (κ3) is 4.58. The number of nitrogens with zero attached hydrogens (tertiary/aromatic N) is 2. The van der Waals surface area contributed by atoms with Gasteiger partial charge in [0.2, 0.25) is 5.60 Å². The van der Waals surface area contributed by atoms with E-state index in [1.54, 1.807) is 6.20 Å². The quantitative estimate of drug-likeness (QED) is 0.557. The monoisotopic (exact) mass is 445 g/mol. The van der Waals surface area contributed by atoms with Crippen molar-refractivity contribution in [2.45, 2.75) is 38.3 Å². The van der Waals surface area contributed by atoms with Crippen molar-refractivity contribution in [2.24, 2.45) is 11.1 Å². The normalized spacial score (nSPS) is 18.5. The number of benzene rings is 2. The number of esters is 1. The second-order valence-electron chi connectivity index (χ2n) is 8.57. The molecule has 1 N–H and O–H groups in total. The van der Waals surface area contributed by atoms with Crippen LogP contribution in [-0.4, -0.2) is 41.3 Å². The molecule has 33 heavy (non-hydrogen) atoms. The summed E-state index contributed by atoms with van der Waals surface area (Å²) < 4.78 is 5.06. The first-order chi connectivity index (χ1) is 15.9. The Balaban J connectivity index is 1.58. The zero-order valence-corrected chi connectivity index (χ0v) is 18.9. The van der Waals surface area contributed by atoms with Crippen LogP contribution < -0.4 is 5.32 Å². The van der Waals surface area contributed by atoms with Gasteiger partial charge >= 0.3 is 5.97 Å². The fourth-order valence-corrected chi connectivity index (χ4v) is 4.20. The summed E-state index contributed by atoms with van der Waals surface area (Å²) in [6.45, 7) is 3.97.